The predicted octanol–water partition coefficient (Wildman–Crippen LogP) is 2.53. The highest BCUT2D eigenvalue weighted by Crippen LogP contribution is 2.28. The number of hydrogen-bond donors (Lipinski definition) is 1. The summed E-state index contributed by atoms with van der Waals surface area (Å²) in [4.78, 5) is 17.2. The lowest BCUT2D eigenvalue weighted by molar-refractivity contribution is -0.126. The summed E-state index contributed by atoms with van der Waals surface area (Å²) in [6, 6.07) is 15.9. The standard InChI is InChI=1S/C23H31N3O3/c1-18(23(27)24-16-19-7-5-4-6-8-19)26-13-11-25(12-14-26)17-20-9-10-21(28-2)22(15-20)29-3/h4-10,15,18H,11-14,16-17H2,1-3H3,(H,24,27)/t18-/m0/s1. The normalized spacial score (nSPS) is 16.2. The largest absolute Gasteiger partial charge is 0.493 e. The number of hydrogen-bond acceptors (Lipinski definition) is 5. The molecule has 6 nitrogen and oxygen atoms in total. The van der Waals surface area contributed by atoms with Gasteiger partial charge in [0.05, 0.1) is 20.3 Å². The van der Waals surface area contributed by atoms with E-state index < -0.39 is 0 Å². The van der Waals surface area contributed by atoms with Gasteiger partial charge in [-0.15, -0.1) is 0 Å². The zero-order chi connectivity index (χ0) is 20.6. The van der Waals surface area contributed by atoms with Crippen molar-refractivity contribution in [3.8, 4) is 11.5 Å². The fourth-order valence-electron chi connectivity index (χ4n) is 3.64. The first-order valence-electron chi connectivity index (χ1n) is 10.1. The Balaban J connectivity index is 1.46. The van der Waals surface area contributed by atoms with Crippen molar-refractivity contribution in [2.75, 3.05) is 40.4 Å². The van der Waals surface area contributed by atoms with Crippen LogP contribution in [0.1, 0.15) is 18.1 Å². The van der Waals surface area contributed by atoms with Crippen molar-refractivity contribution in [3.63, 3.8) is 0 Å². The minimum Gasteiger partial charge on any atom is -0.493 e. The number of amides is 1. The molecule has 1 N–H and O–H groups in total. The van der Waals surface area contributed by atoms with E-state index in [2.05, 4.69) is 21.2 Å². The van der Waals surface area contributed by atoms with Crippen LogP contribution in [0, 0.1) is 0 Å². The van der Waals surface area contributed by atoms with Crippen molar-refractivity contribution in [1.82, 2.24) is 15.1 Å². The van der Waals surface area contributed by atoms with Crippen molar-refractivity contribution < 1.29 is 14.3 Å². The fraction of sp³-hybridized carbons (Fsp3) is 0.435. The summed E-state index contributed by atoms with van der Waals surface area (Å²) in [5.74, 6) is 1.59. The molecule has 1 saturated heterocycles. The Morgan fingerprint density at radius 3 is 2.31 bits per heavy atom. The van der Waals surface area contributed by atoms with E-state index >= 15 is 0 Å². The Morgan fingerprint density at radius 2 is 1.66 bits per heavy atom. The highest BCUT2D eigenvalue weighted by molar-refractivity contribution is 5.81. The third kappa shape index (κ3) is 5.71. The van der Waals surface area contributed by atoms with Gasteiger partial charge in [-0.1, -0.05) is 36.4 Å². The molecule has 1 amide bonds. The topological polar surface area (TPSA) is 54.0 Å². The third-order valence-corrected chi connectivity index (χ3v) is 5.50. The lowest BCUT2D eigenvalue weighted by Crippen LogP contribution is -2.53. The molecule has 0 bridgehead atoms. The van der Waals surface area contributed by atoms with Gasteiger partial charge in [0.2, 0.25) is 5.91 Å². The Labute approximate surface area is 173 Å². The molecule has 0 unspecified atom stereocenters. The minimum atomic E-state index is -0.123. The fourth-order valence-corrected chi connectivity index (χ4v) is 3.64. The van der Waals surface area contributed by atoms with Crippen LogP contribution in [0.3, 0.4) is 0 Å². The van der Waals surface area contributed by atoms with Gasteiger partial charge in [0, 0.05) is 39.3 Å². The highest BCUT2D eigenvalue weighted by Gasteiger charge is 2.25. The van der Waals surface area contributed by atoms with Crippen LogP contribution in [0.5, 0.6) is 11.5 Å². The zero-order valence-corrected chi connectivity index (χ0v) is 17.6. The zero-order valence-electron chi connectivity index (χ0n) is 17.6. The number of nitrogens with one attached hydrogen (secondary N) is 1. The van der Waals surface area contributed by atoms with Crippen LogP contribution in [0.15, 0.2) is 48.5 Å². The van der Waals surface area contributed by atoms with Crippen molar-refractivity contribution >= 4 is 5.91 Å². The van der Waals surface area contributed by atoms with E-state index in [9.17, 15) is 4.79 Å². The molecule has 1 atom stereocenters. The molecule has 1 fully saturated rings. The highest BCUT2D eigenvalue weighted by atomic mass is 16.5. The molecule has 1 heterocycles. The Hall–Kier alpha value is -2.57. The number of carbonyl (C=O) groups is 1. The molecule has 1 aliphatic heterocycles. The Bertz CT molecular complexity index is 789. The second-order valence-electron chi connectivity index (χ2n) is 7.38. The van der Waals surface area contributed by atoms with Crippen LogP contribution >= 0.6 is 0 Å². The molecular formula is C23H31N3O3. The van der Waals surface area contributed by atoms with Crippen LogP contribution < -0.4 is 14.8 Å². The molecule has 0 spiro atoms. The van der Waals surface area contributed by atoms with Crippen LogP contribution in [-0.4, -0.2) is 62.1 Å². The van der Waals surface area contributed by atoms with Crippen molar-refractivity contribution in [2.45, 2.75) is 26.1 Å². The van der Waals surface area contributed by atoms with Gasteiger partial charge in [0.25, 0.3) is 0 Å². The Kier molecular flexibility index (Phi) is 7.49. The number of carbonyl (C=O) groups excluding carboxylic acids is 1. The van der Waals surface area contributed by atoms with Crippen LogP contribution in [-0.2, 0) is 17.9 Å². The summed E-state index contributed by atoms with van der Waals surface area (Å²) < 4.78 is 10.7. The second-order valence-corrected chi connectivity index (χ2v) is 7.38. The number of nitrogens with zero attached hydrogens (tertiary/aromatic N) is 2. The third-order valence-electron chi connectivity index (χ3n) is 5.50. The molecule has 0 radical (unpaired) electrons. The molecule has 156 valence electrons. The van der Waals surface area contributed by atoms with Gasteiger partial charge in [-0.3, -0.25) is 14.6 Å². The molecule has 2 aromatic rings. The molecule has 2 aromatic carbocycles. The van der Waals surface area contributed by atoms with E-state index in [1.807, 2.05) is 49.4 Å². The maximum Gasteiger partial charge on any atom is 0.237 e. The summed E-state index contributed by atoms with van der Waals surface area (Å²) in [5, 5.41) is 3.05. The predicted molar refractivity (Wildman–Crippen MR) is 114 cm³/mol. The quantitative estimate of drug-likeness (QED) is 0.742. The average Bonchev–Trinajstić information content (AvgIpc) is 2.78. The van der Waals surface area contributed by atoms with Gasteiger partial charge < -0.3 is 14.8 Å². The molecule has 0 aromatic heterocycles. The maximum atomic E-state index is 12.5. The summed E-state index contributed by atoms with van der Waals surface area (Å²) >= 11 is 0. The molecule has 0 saturated carbocycles. The molecular weight excluding hydrogens is 366 g/mol. The molecule has 0 aliphatic carbocycles. The first kappa shape index (κ1) is 21.1. The summed E-state index contributed by atoms with van der Waals surface area (Å²) in [6.07, 6.45) is 0. The number of benzene rings is 2. The van der Waals surface area contributed by atoms with E-state index in [1.165, 1.54) is 5.56 Å². The Morgan fingerprint density at radius 1 is 0.966 bits per heavy atom. The molecule has 3 rings (SSSR count). The van der Waals surface area contributed by atoms with Crippen molar-refractivity contribution in [3.05, 3.63) is 59.7 Å². The number of rotatable bonds is 8. The van der Waals surface area contributed by atoms with Crippen LogP contribution in [0.4, 0.5) is 0 Å². The van der Waals surface area contributed by atoms with Gasteiger partial charge in [-0.2, -0.15) is 0 Å². The van der Waals surface area contributed by atoms with Gasteiger partial charge in [0.15, 0.2) is 11.5 Å². The van der Waals surface area contributed by atoms with Gasteiger partial charge in [0.1, 0.15) is 0 Å². The van der Waals surface area contributed by atoms with Crippen molar-refractivity contribution in [2.24, 2.45) is 0 Å². The minimum absolute atomic E-state index is 0.0854. The summed E-state index contributed by atoms with van der Waals surface area (Å²) in [6.45, 7) is 7.06. The summed E-state index contributed by atoms with van der Waals surface area (Å²) in [5.41, 5.74) is 2.32. The van der Waals surface area contributed by atoms with E-state index in [1.54, 1.807) is 14.2 Å². The number of methoxy groups -OCH3 is 2. The number of piperazine rings is 1. The van der Waals surface area contributed by atoms with E-state index in [4.69, 9.17) is 9.47 Å². The molecule has 29 heavy (non-hydrogen) atoms. The van der Waals surface area contributed by atoms with Gasteiger partial charge in [-0.05, 0) is 30.2 Å². The van der Waals surface area contributed by atoms with Crippen molar-refractivity contribution in [1.29, 1.82) is 0 Å². The first-order chi connectivity index (χ1) is 14.1. The van der Waals surface area contributed by atoms with Gasteiger partial charge >= 0.3 is 0 Å². The van der Waals surface area contributed by atoms with E-state index in [-0.39, 0.29) is 11.9 Å². The lowest BCUT2D eigenvalue weighted by atomic mass is 10.1. The average molecular weight is 398 g/mol. The summed E-state index contributed by atoms with van der Waals surface area (Å²) in [7, 11) is 3.30. The SMILES string of the molecule is COc1ccc(CN2CCN([C@@H](C)C(=O)NCc3ccccc3)CC2)cc1OC. The monoisotopic (exact) mass is 397 g/mol. The maximum absolute atomic E-state index is 12.5. The lowest BCUT2D eigenvalue weighted by Gasteiger charge is -2.37. The second kappa shape index (κ2) is 10.3. The molecule has 6 heteroatoms. The smallest absolute Gasteiger partial charge is 0.237 e. The molecule has 1 aliphatic rings. The van der Waals surface area contributed by atoms with Crippen LogP contribution in [0.2, 0.25) is 0 Å². The van der Waals surface area contributed by atoms with Crippen LogP contribution in [0.25, 0.3) is 0 Å². The van der Waals surface area contributed by atoms with E-state index in [0.717, 1.165) is 49.8 Å². The first-order valence-corrected chi connectivity index (χ1v) is 10.1. The number of ether oxygens (including phenoxy) is 2. The van der Waals surface area contributed by atoms with Gasteiger partial charge in [-0.25, -0.2) is 0 Å². The van der Waals surface area contributed by atoms with E-state index in [0.29, 0.717) is 6.54 Å².